The van der Waals surface area contributed by atoms with Crippen molar-refractivity contribution in [1.29, 1.82) is 0 Å². The van der Waals surface area contributed by atoms with E-state index in [-0.39, 0.29) is 18.2 Å². The summed E-state index contributed by atoms with van der Waals surface area (Å²) in [5.74, 6) is 0.604. The van der Waals surface area contributed by atoms with Gasteiger partial charge in [0.2, 0.25) is 5.88 Å². The second-order valence-electron chi connectivity index (χ2n) is 6.90. The Kier molecular flexibility index (Phi) is 7.34. The van der Waals surface area contributed by atoms with Crippen molar-refractivity contribution in [2.45, 2.75) is 50.7 Å². The van der Waals surface area contributed by atoms with Gasteiger partial charge in [-0.1, -0.05) is 41.9 Å². The molecular formula is C21H26ClN3O2. The number of urea groups is 1. The van der Waals surface area contributed by atoms with E-state index in [1.54, 1.807) is 18.3 Å². The maximum Gasteiger partial charge on any atom is 0.315 e. The lowest BCUT2D eigenvalue weighted by Crippen LogP contribution is -2.45. The van der Waals surface area contributed by atoms with Crippen molar-refractivity contribution in [3.05, 3.63) is 59.2 Å². The highest BCUT2D eigenvalue weighted by Crippen LogP contribution is 2.23. The lowest BCUT2D eigenvalue weighted by Gasteiger charge is -2.29. The fraction of sp³-hybridized carbons (Fsp3) is 0.429. The van der Waals surface area contributed by atoms with Gasteiger partial charge in [0.1, 0.15) is 6.10 Å². The van der Waals surface area contributed by atoms with E-state index in [0.29, 0.717) is 17.4 Å². The van der Waals surface area contributed by atoms with Gasteiger partial charge in [-0.15, -0.1) is 0 Å². The Morgan fingerprint density at radius 2 is 1.89 bits per heavy atom. The molecule has 2 amide bonds. The zero-order valence-corrected chi connectivity index (χ0v) is 16.1. The molecule has 0 saturated heterocycles. The van der Waals surface area contributed by atoms with Crippen LogP contribution in [0.4, 0.5) is 4.79 Å². The highest BCUT2D eigenvalue weighted by Gasteiger charge is 2.23. The minimum Gasteiger partial charge on any atom is -0.474 e. The second-order valence-corrected chi connectivity index (χ2v) is 7.33. The molecule has 27 heavy (non-hydrogen) atoms. The van der Waals surface area contributed by atoms with Gasteiger partial charge < -0.3 is 15.4 Å². The number of ether oxygens (including phenoxy) is 1. The van der Waals surface area contributed by atoms with Crippen LogP contribution in [0, 0.1) is 0 Å². The molecule has 1 saturated carbocycles. The number of benzene rings is 1. The molecule has 0 spiro atoms. The molecule has 1 aromatic heterocycles. The number of rotatable bonds is 7. The summed E-state index contributed by atoms with van der Waals surface area (Å²) in [5.41, 5.74) is 1.30. The highest BCUT2D eigenvalue weighted by molar-refractivity contribution is 6.30. The van der Waals surface area contributed by atoms with Crippen LogP contribution in [-0.2, 0) is 6.42 Å². The number of nitrogens with zero attached hydrogens (tertiary/aromatic N) is 1. The predicted molar refractivity (Wildman–Crippen MR) is 107 cm³/mol. The quantitative estimate of drug-likeness (QED) is 0.694. The topological polar surface area (TPSA) is 63.2 Å². The van der Waals surface area contributed by atoms with E-state index < -0.39 is 0 Å². The monoisotopic (exact) mass is 387 g/mol. The van der Waals surface area contributed by atoms with Gasteiger partial charge in [-0.25, -0.2) is 9.78 Å². The molecule has 0 radical (unpaired) electrons. The maximum atomic E-state index is 12.1. The number of nitrogens with one attached hydrogen (secondary N) is 2. The summed E-state index contributed by atoms with van der Waals surface area (Å²) < 4.78 is 5.89. The van der Waals surface area contributed by atoms with E-state index in [4.69, 9.17) is 16.3 Å². The largest absolute Gasteiger partial charge is 0.474 e. The van der Waals surface area contributed by atoms with Crippen LogP contribution >= 0.6 is 11.6 Å². The minimum absolute atomic E-state index is 0.0770. The third-order valence-corrected chi connectivity index (χ3v) is 4.99. The van der Waals surface area contributed by atoms with Crippen LogP contribution in [-0.4, -0.2) is 29.7 Å². The maximum absolute atomic E-state index is 12.1. The van der Waals surface area contributed by atoms with Crippen molar-refractivity contribution >= 4 is 17.6 Å². The molecule has 0 atom stereocenters. The lowest BCUT2D eigenvalue weighted by molar-refractivity contribution is 0.135. The molecule has 1 fully saturated rings. The highest BCUT2D eigenvalue weighted by atomic mass is 35.5. The SMILES string of the molecule is O=C(NCCCc1ccccc1)NC1CCC(Oc2ccc(Cl)cn2)CC1. The van der Waals surface area contributed by atoms with Gasteiger partial charge in [-0.05, 0) is 50.2 Å². The zero-order chi connectivity index (χ0) is 18.9. The number of aryl methyl sites for hydroxylation is 1. The van der Waals surface area contributed by atoms with Gasteiger partial charge in [-0.2, -0.15) is 0 Å². The van der Waals surface area contributed by atoms with Crippen LogP contribution in [0.25, 0.3) is 0 Å². The van der Waals surface area contributed by atoms with Gasteiger partial charge in [-0.3, -0.25) is 0 Å². The molecule has 144 valence electrons. The molecule has 1 heterocycles. The number of amides is 2. The van der Waals surface area contributed by atoms with Crippen molar-refractivity contribution in [1.82, 2.24) is 15.6 Å². The molecule has 2 N–H and O–H groups in total. The number of hydrogen-bond donors (Lipinski definition) is 2. The molecule has 5 nitrogen and oxygen atoms in total. The summed E-state index contributed by atoms with van der Waals surface area (Å²) in [6.07, 6.45) is 7.28. The van der Waals surface area contributed by atoms with Gasteiger partial charge in [0.25, 0.3) is 0 Å². The fourth-order valence-electron chi connectivity index (χ4n) is 3.30. The standard InChI is InChI=1S/C21H26ClN3O2/c22-17-8-13-20(24-15-17)27-19-11-9-18(10-12-19)25-21(26)23-14-4-7-16-5-2-1-3-6-16/h1-3,5-6,8,13,15,18-19H,4,7,9-12,14H2,(H2,23,25,26). The third-order valence-electron chi connectivity index (χ3n) is 4.77. The van der Waals surface area contributed by atoms with E-state index in [2.05, 4.69) is 27.8 Å². The first-order chi connectivity index (χ1) is 13.2. The van der Waals surface area contributed by atoms with Gasteiger partial charge >= 0.3 is 6.03 Å². The Labute approximate surface area is 165 Å². The summed E-state index contributed by atoms with van der Waals surface area (Å²) in [4.78, 5) is 16.2. The Morgan fingerprint density at radius 1 is 1.11 bits per heavy atom. The Morgan fingerprint density at radius 3 is 2.59 bits per heavy atom. The summed E-state index contributed by atoms with van der Waals surface area (Å²) in [6, 6.07) is 14.0. The molecule has 3 rings (SSSR count). The second kappa shape index (κ2) is 10.2. The number of hydrogen-bond acceptors (Lipinski definition) is 3. The predicted octanol–water partition coefficient (Wildman–Crippen LogP) is 4.36. The van der Waals surface area contributed by atoms with Crippen LogP contribution < -0.4 is 15.4 Å². The minimum atomic E-state index is -0.0770. The first kappa shape index (κ1) is 19.5. The third kappa shape index (κ3) is 6.75. The molecule has 6 heteroatoms. The van der Waals surface area contributed by atoms with Crippen molar-refractivity contribution in [2.24, 2.45) is 0 Å². The summed E-state index contributed by atoms with van der Waals surface area (Å²) in [7, 11) is 0. The Balaban J connectivity index is 1.29. The van der Waals surface area contributed by atoms with Gasteiger partial charge in [0, 0.05) is 24.8 Å². The van der Waals surface area contributed by atoms with Crippen molar-refractivity contribution in [2.75, 3.05) is 6.54 Å². The van der Waals surface area contributed by atoms with E-state index in [1.165, 1.54) is 5.56 Å². The number of carbonyl (C=O) groups excluding carboxylic acids is 1. The van der Waals surface area contributed by atoms with E-state index in [9.17, 15) is 4.79 Å². The van der Waals surface area contributed by atoms with E-state index in [1.807, 2.05) is 18.2 Å². The molecule has 0 bridgehead atoms. The normalized spacial score (nSPS) is 19.3. The van der Waals surface area contributed by atoms with Crippen molar-refractivity contribution in [3.63, 3.8) is 0 Å². The first-order valence-corrected chi connectivity index (χ1v) is 9.93. The lowest BCUT2D eigenvalue weighted by atomic mass is 9.93. The van der Waals surface area contributed by atoms with E-state index >= 15 is 0 Å². The zero-order valence-electron chi connectivity index (χ0n) is 15.4. The first-order valence-electron chi connectivity index (χ1n) is 9.55. The average molecular weight is 388 g/mol. The molecule has 0 aliphatic heterocycles. The van der Waals surface area contributed by atoms with Gasteiger partial charge in [0.05, 0.1) is 5.02 Å². The number of aromatic nitrogens is 1. The van der Waals surface area contributed by atoms with Crippen LogP contribution in [0.2, 0.25) is 5.02 Å². The fourth-order valence-corrected chi connectivity index (χ4v) is 3.42. The van der Waals surface area contributed by atoms with Crippen LogP contribution in [0.5, 0.6) is 5.88 Å². The summed E-state index contributed by atoms with van der Waals surface area (Å²) >= 11 is 5.83. The number of carbonyl (C=O) groups is 1. The molecule has 1 aliphatic rings. The summed E-state index contributed by atoms with van der Waals surface area (Å²) in [5, 5.41) is 6.63. The van der Waals surface area contributed by atoms with Crippen LogP contribution in [0.1, 0.15) is 37.7 Å². The van der Waals surface area contributed by atoms with Crippen LogP contribution in [0.3, 0.4) is 0 Å². The molecule has 1 aliphatic carbocycles. The average Bonchev–Trinajstić information content (AvgIpc) is 2.69. The van der Waals surface area contributed by atoms with Crippen molar-refractivity contribution in [3.8, 4) is 5.88 Å². The molecule has 2 aromatic rings. The van der Waals surface area contributed by atoms with Crippen LogP contribution in [0.15, 0.2) is 48.7 Å². The van der Waals surface area contributed by atoms with Crippen molar-refractivity contribution < 1.29 is 9.53 Å². The molecular weight excluding hydrogens is 362 g/mol. The Hall–Kier alpha value is -2.27. The summed E-state index contributed by atoms with van der Waals surface area (Å²) in [6.45, 7) is 0.682. The molecule has 0 unspecified atom stereocenters. The smallest absolute Gasteiger partial charge is 0.315 e. The van der Waals surface area contributed by atoms with E-state index in [0.717, 1.165) is 38.5 Å². The Bertz CT molecular complexity index is 701. The molecule has 1 aromatic carbocycles. The number of pyridine rings is 1. The number of halogens is 1. The van der Waals surface area contributed by atoms with Gasteiger partial charge in [0.15, 0.2) is 0 Å².